The minimum absolute atomic E-state index is 0.253. The van der Waals surface area contributed by atoms with Crippen molar-refractivity contribution in [2.24, 2.45) is 0 Å². The first-order chi connectivity index (χ1) is 9.60. The average molecular weight is 310 g/mol. The second kappa shape index (κ2) is 6.64. The van der Waals surface area contributed by atoms with Crippen LogP contribution in [0.3, 0.4) is 0 Å². The van der Waals surface area contributed by atoms with Gasteiger partial charge in [0, 0.05) is 10.6 Å². The van der Waals surface area contributed by atoms with Crippen molar-refractivity contribution in [3.63, 3.8) is 0 Å². The summed E-state index contributed by atoms with van der Waals surface area (Å²) in [6.45, 7) is 2.49. The first-order valence-corrected chi connectivity index (χ1v) is 6.85. The van der Waals surface area contributed by atoms with Crippen LogP contribution in [0.4, 0.5) is 5.69 Å². The minimum Gasteiger partial charge on any atom is -0.494 e. The predicted octanol–water partition coefficient (Wildman–Crippen LogP) is 4.64. The number of hydrogen-bond acceptors (Lipinski definition) is 2. The lowest BCUT2D eigenvalue weighted by atomic mass is 10.2. The highest BCUT2D eigenvalue weighted by Gasteiger charge is 2.09. The molecule has 0 bridgehead atoms. The zero-order chi connectivity index (χ0) is 14.5. The average Bonchev–Trinajstić information content (AvgIpc) is 2.44. The van der Waals surface area contributed by atoms with Crippen LogP contribution in [0, 0.1) is 0 Å². The number of hydrogen-bond donors (Lipinski definition) is 1. The maximum atomic E-state index is 12.1. The van der Waals surface area contributed by atoms with Crippen LogP contribution in [0.25, 0.3) is 0 Å². The third-order valence-corrected chi connectivity index (χ3v) is 3.17. The highest BCUT2D eigenvalue weighted by atomic mass is 35.5. The highest BCUT2D eigenvalue weighted by molar-refractivity contribution is 6.35. The standard InChI is InChI=1S/C15H13Cl2NO2/c1-2-20-12-6-3-10(4-7-12)15(19)18-14-9-11(16)5-8-13(14)17/h3-9H,2H2,1H3,(H,18,19). The smallest absolute Gasteiger partial charge is 0.255 e. The summed E-state index contributed by atoms with van der Waals surface area (Å²) >= 11 is 11.9. The van der Waals surface area contributed by atoms with Gasteiger partial charge >= 0.3 is 0 Å². The van der Waals surface area contributed by atoms with Crippen molar-refractivity contribution >= 4 is 34.8 Å². The molecule has 0 unspecified atom stereocenters. The van der Waals surface area contributed by atoms with Crippen molar-refractivity contribution in [1.82, 2.24) is 0 Å². The Bertz CT molecular complexity index is 612. The maximum Gasteiger partial charge on any atom is 0.255 e. The van der Waals surface area contributed by atoms with E-state index in [9.17, 15) is 4.79 Å². The Balaban J connectivity index is 2.13. The zero-order valence-electron chi connectivity index (χ0n) is 10.8. The molecule has 0 saturated heterocycles. The van der Waals surface area contributed by atoms with Gasteiger partial charge in [-0.15, -0.1) is 0 Å². The van der Waals surface area contributed by atoms with E-state index in [1.54, 1.807) is 42.5 Å². The Hall–Kier alpha value is -1.71. The Kier molecular flexibility index (Phi) is 4.88. The maximum absolute atomic E-state index is 12.1. The Labute approximate surface area is 127 Å². The third-order valence-electron chi connectivity index (χ3n) is 2.60. The van der Waals surface area contributed by atoms with Gasteiger partial charge in [0.2, 0.25) is 0 Å². The molecule has 0 aliphatic heterocycles. The van der Waals surface area contributed by atoms with E-state index in [1.807, 2.05) is 6.92 Å². The Morgan fingerprint density at radius 2 is 1.85 bits per heavy atom. The van der Waals surface area contributed by atoms with E-state index in [0.29, 0.717) is 27.9 Å². The summed E-state index contributed by atoms with van der Waals surface area (Å²) < 4.78 is 5.32. The fourth-order valence-corrected chi connectivity index (χ4v) is 1.99. The largest absolute Gasteiger partial charge is 0.494 e. The van der Waals surface area contributed by atoms with Crippen LogP contribution in [0.1, 0.15) is 17.3 Å². The number of ether oxygens (including phenoxy) is 1. The Morgan fingerprint density at radius 3 is 2.50 bits per heavy atom. The van der Waals surface area contributed by atoms with Crippen molar-refractivity contribution in [1.29, 1.82) is 0 Å². The molecular weight excluding hydrogens is 297 g/mol. The lowest BCUT2D eigenvalue weighted by Crippen LogP contribution is -2.12. The van der Waals surface area contributed by atoms with Crippen LogP contribution in [0.2, 0.25) is 10.0 Å². The molecule has 0 aromatic heterocycles. The highest BCUT2D eigenvalue weighted by Crippen LogP contribution is 2.26. The third kappa shape index (κ3) is 3.65. The molecule has 0 radical (unpaired) electrons. The van der Waals surface area contributed by atoms with Gasteiger partial charge in [-0.05, 0) is 49.4 Å². The van der Waals surface area contributed by atoms with E-state index in [1.165, 1.54) is 0 Å². The number of halogens is 2. The Morgan fingerprint density at radius 1 is 1.15 bits per heavy atom. The minimum atomic E-state index is -0.253. The van der Waals surface area contributed by atoms with E-state index in [4.69, 9.17) is 27.9 Å². The molecule has 20 heavy (non-hydrogen) atoms. The summed E-state index contributed by atoms with van der Waals surface area (Å²) in [6.07, 6.45) is 0. The summed E-state index contributed by atoms with van der Waals surface area (Å²) in [5.41, 5.74) is 1.00. The molecule has 104 valence electrons. The van der Waals surface area contributed by atoms with Crippen LogP contribution in [-0.2, 0) is 0 Å². The first kappa shape index (κ1) is 14.7. The van der Waals surface area contributed by atoms with E-state index >= 15 is 0 Å². The quantitative estimate of drug-likeness (QED) is 0.893. The zero-order valence-corrected chi connectivity index (χ0v) is 12.3. The SMILES string of the molecule is CCOc1ccc(C(=O)Nc2cc(Cl)ccc2Cl)cc1. The molecule has 1 amide bonds. The van der Waals surface area contributed by atoms with Gasteiger partial charge in [0.05, 0.1) is 17.3 Å². The predicted molar refractivity (Wildman–Crippen MR) is 82.0 cm³/mol. The second-order valence-corrected chi connectivity index (χ2v) is 4.88. The summed E-state index contributed by atoms with van der Waals surface area (Å²) in [6, 6.07) is 11.8. The second-order valence-electron chi connectivity index (χ2n) is 4.04. The van der Waals surface area contributed by atoms with Crippen LogP contribution in [-0.4, -0.2) is 12.5 Å². The summed E-state index contributed by atoms with van der Waals surface area (Å²) in [7, 11) is 0. The van der Waals surface area contributed by atoms with Crippen LogP contribution in [0.15, 0.2) is 42.5 Å². The number of amides is 1. The molecule has 0 aliphatic rings. The molecule has 0 fully saturated rings. The van der Waals surface area contributed by atoms with Crippen molar-refractivity contribution in [2.75, 3.05) is 11.9 Å². The van der Waals surface area contributed by atoms with Crippen molar-refractivity contribution in [2.45, 2.75) is 6.92 Å². The van der Waals surface area contributed by atoms with Gasteiger partial charge in [0.25, 0.3) is 5.91 Å². The molecule has 0 heterocycles. The molecular formula is C15H13Cl2NO2. The van der Waals surface area contributed by atoms with Gasteiger partial charge in [-0.25, -0.2) is 0 Å². The number of carbonyl (C=O) groups excluding carboxylic acids is 1. The lowest BCUT2D eigenvalue weighted by Gasteiger charge is -2.08. The molecule has 0 saturated carbocycles. The normalized spacial score (nSPS) is 10.2. The van der Waals surface area contributed by atoms with Gasteiger partial charge in [0.1, 0.15) is 5.75 Å². The van der Waals surface area contributed by atoms with Crippen molar-refractivity contribution in [3.8, 4) is 5.75 Å². The van der Waals surface area contributed by atoms with Gasteiger partial charge in [-0.3, -0.25) is 4.79 Å². The van der Waals surface area contributed by atoms with Crippen LogP contribution >= 0.6 is 23.2 Å². The van der Waals surface area contributed by atoms with E-state index in [-0.39, 0.29) is 5.91 Å². The van der Waals surface area contributed by atoms with Gasteiger partial charge in [-0.2, -0.15) is 0 Å². The molecule has 0 aliphatic carbocycles. The molecule has 2 aromatic carbocycles. The fourth-order valence-electron chi connectivity index (χ4n) is 1.66. The first-order valence-electron chi connectivity index (χ1n) is 6.09. The van der Waals surface area contributed by atoms with Crippen molar-refractivity contribution < 1.29 is 9.53 Å². The number of carbonyl (C=O) groups is 1. The van der Waals surface area contributed by atoms with E-state index in [0.717, 1.165) is 5.75 Å². The summed E-state index contributed by atoms with van der Waals surface area (Å²) in [4.78, 5) is 12.1. The molecule has 5 heteroatoms. The van der Waals surface area contributed by atoms with Gasteiger partial charge in [-0.1, -0.05) is 23.2 Å². The van der Waals surface area contributed by atoms with E-state index < -0.39 is 0 Å². The molecule has 2 aromatic rings. The van der Waals surface area contributed by atoms with E-state index in [2.05, 4.69) is 5.32 Å². The number of nitrogens with one attached hydrogen (secondary N) is 1. The summed E-state index contributed by atoms with van der Waals surface area (Å²) in [5.74, 6) is 0.474. The van der Waals surface area contributed by atoms with Crippen LogP contribution in [0.5, 0.6) is 5.75 Å². The number of rotatable bonds is 4. The topological polar surface area (TPSA) is 38.3 Å². The fraction of sp³-hybridized carbons (Fsp3) is 0.133. The van der Waals surface area contributed by atoms with Gasteiger partial charge in [0.15, 0.2) is 0 Å². The molecule has 1 N–H and O–H groups in total. The monoisotopic (exact) mass is 309 g/mol. The summed E-state index contributed by atoms with van der Waals surface area (Å²) in [5, 5.41) is 3.67. The number of anilines is 1. The van der Waals surface area contributed by atoms with Crippen molar-refractivity contribution in [3.05, 3.63) is 58.1 Å². The molecule has 3 nitrogen and oxygen atoms in total. The molecule has 2 rings (SSSR count). The number of benzene rings is 2. The van der Waals surface area contributed by atoms with Gasteiger partial charge < -0.3 is 10.1 Å². The molecule has 0 spiro atoms. The van der Waals surface area contributed by atoms with Crippen LogP contribution < -0.4 is 10.1 Å². The molecule has 0 atom stereocenters. The lowest BCUT2D eigenvalue weighted by molar-refractivity contribution is 0.102.